The Kier molecular flexibility index (Phi) is 8.62. The standard InChI is InChI=1S/C44H60N2O5/c1-39(2)34-15-18-44(7)37(42(34,5)17-16-35(39)48)33(47)26-30-31-27-41(4,20-19-40(31,3)21-22-43(30,44)6)38(51)45-23-10-24-46-29(13-14-36(49)50)25-28-11-8-9-12-32(28)46/h8-9,11-12,25-26,31,34,37H,10,13-24,27H2,1-7H3,(H,45,51)(H,49,50)/t31-,34-,37+,40+,41-,42-,43+,44+/m0/s1. The summed E-state index contributed by atoms with van der Waals surface area (Å²) in [5.41, 5.74) is 2.06. The first kappa shape index (κ1) is 36.2. The van der Waals surface area contributed by atoms with Crippen LogP contribution in [-0.4, -0.2) is 39.7 Å². The molecule has 8 atom stereocenters. The first-order valence-electron chi connectivity index (χ1n) is 19.8. The predicted octanol–water partition coefficient (Wildman–Crippen LogP) is 8.71. The third-order valence-corrected chi connectivity index (χ3v) is 16.2. The summed E-state index contributed by atoms with van der Waals surface area (Å²) in [5, 5.41) is 13.7. The van der Waals surface area contributed by atoms with Gasteiger partial charge in [-0.15, -0.1) is 0 Å². The fourth-order valence-electron chi connectivity index (χ4n) is 12.8. The van der Waals surface area contributed by atoms with Crippen molar-refractivity contribution in [2.75, 3.05) is 6.54 Å². The number of nitrogens with one attached hydrogen (secondary N) is 1. The fraction of sp³-hybridized carbons (Fsp3) is 0.682. The third kappa shape index (κ3) is 5.40. The molecule has 1 amide bonds. The number of benzene rings is 1. The second kappa shape index (κ2) is 12.2. The van der Waals surface area contributed by atoms with Gasteiger partial charge in [0, 0.05) is 47.5 Å². The number of aromatic nitrogens is 1. The lowest BCUT2D eigenvalue weighted by Crippen LogP contribution is -2.66. The van der Waals surface area contributed by atoms with Gasteiger partial charge in [-0.3, -0.25) is 19.2 Å². The maximum absolute atomic E-state index is 14.6. The number of carbonyl (C=O) groups excluding carboxylic acids is 3. The molecule has 1 heterocycles. The van der Waals surface area contributed by atoms with Gasteiger partial charge in [0.2, 0.25) is 5.91 Å². The van der Waals surface area contributed by atoms with Crippen LogP contribution in [0.4, 0.5) is 0 Å². The van der Waals surface area contributed by atoms with Crippen LogP contribution in [-0.2, 0) is 32.1 Å². The summed E-state index contributed by atoms with van der Waals surface area (Å²) in [6.07, 6.45) is 11.5. The number of aliphatic carboxylic acids is 1. The SMILES string of the molecule is CC1(C)C(=O)CC[C@]2(C)[C@H]3C(=O)C=C4[C@@H]5C[C@@](C)(C(=O)NCCCn6c(CCC(=O)O)cc7ccccc76)CC[C@]5(C)CC[C@@]4(C)[C@]3(C)CC[C@@H]12. The van der Waals surface area contributed by atoms with Crippen molar-refractivity contribution < 1.29 is 24.3 Å². The minimum absolute atomic E-state index is 0.0663. The number of carboxylic acid groups (broad SMARTS) is 1. The van der Waals surface area contributed by atoms with E-state index < -0.39 is 16.8 Å². The van der Waals surface area contributed by atoms with E-state index in [9.17, 15) is 24.3 Å². The predicted molar refractivity (Wildman–Crippen MR) is 200 cm³/mol. The Morgan fingerprint density at radius 2 is 1.67 bits per heavy atom. The van der Waals surface area contributed by atoms with Crippen molar-refractivity contribution >= 4 is 34.3 Å². The minimum Gasteiger partial charge on any atom is -0.481 e. The lowest BCUT2D eigenvalue weighted by Gasteiger charge is -2.70. The molecule has 1 aromatic heterocycles. The lowest BCUT2D eigenvalue weighted by atomic mass is 9.33. The number of Topliss-reactive ketones (excluding diaryl/α,β-unsaturated/α-hetero) is 1. The molecule has 7 rings (SSSR count). The van der Waals surface area contributed by atoms with E-state index in [0.717, 1.165) is 74.4 Å². The molecule has 4 fully saturated rings. The average Bonchev–Trinajstić information content (AvgIpc) is 3.43. The number of amides is 1. The van der Waals surface area contributed by atoms with E-state index in [1.54, 1.807) is 0 Å². The number of rotatable bonds is 8. The van der Waals surface area contributed by atoms with Crippen LogP contribution in [0.2, 0.25) is 0 Å². The Hall–Kier alpha value is -3.22. The van der Waals surface area contributed by atoms with Gasteiger partial charge in [0.15, 0.2) is 5.78 Å². The number of aryl methyl sites for hydroxylation is 2. The number of ketones is 2. The highest BCUT2D eigenvalue weighted by molar-refractivity contribution is 5.96. The van der Waals surface area contributed by atoms with E-state index in [2.05, 4.69) is 82.6 Å². The summed E-state index contributed by atoms with van der Waals surface area (Å²) in [7, 11) is 0. The van der Waals surface area contributed by atoms with Crippen molar-refractivity contribution in [2.24, 2.45) is 50.2 Å². The number of nitrogens with zero attached hydrogens (tertiary/aromatic N) is 1. The van der Waals surface area contributed by atoms with Gasteiger partial charge in [0.1, 0.15) is 5.78 Å². The van der Waals surface area contributed by atoms with E-state index in [4.69, 9.17) is 0 Å². The molecule has 0 bridgehead atoms. The monoisotopic (exact) mass is 696 g/mol. The summed E-state index contributed by atoms with van der Waals surface area (Å²) >= 11 is 0. The molecule has 7 nitrogen and oxygen atoms in total. The summed E-state index contributed by atoms with van der Waals surface area (Å²) in [6.45, 7) is 17.2. The third-order valence-electron chi connectivity index (χ3n) is 16.2. The van der Waals surface area contributed by atoms with Gasteiger partial charge >= 0.3 is 5.97 Å². The molecule has 5 aliphatic rings. The number of hydrogen-bond acceptors (Lipinski definition) is 4. The van der Waals surface area contributed by atoms with E-state index >= 15 is 0 Å². The molecule has 4 saturated carbocycles. The van der Waals surface area contributed by atoms with E-state index in [0.29, 0.717) is 31.7 Å². The zero-order chi connectivity index (χ0) is 36.8. The number of hydrogen-bond donors (Lipinski definition) is 2. The van der Waals surface area contributed by atoms with Crippen molar-refractivity contribution in [1.82, 2.24) is 9.88 Å². The van der Waals surface area contributed by atoms with Crippen molar-refractivity contribution in [3.63, 3.8) is 0 Å². The Morgan fingerprint density at radius 3 is 2.41 bits per heavy atom. The number of fused-ring (bicyclic) bond motifs is 8. The van der Waals surface area contributed by atoms with Gasteiger partial charge in [0.25, 0.3) is 0 Å². The van der Waals surface area contributed by atoms with Crippen LogP contribution >= 0.6 is 0 Å². The van der Waals surface area contributed by atoms with Gasteiger partial charge < -0.3 is 15.0 Å². The summed E-state index contributed by atoms with van der Waals surface area (Å²) in [4.78, 5) is 53.2. The van der Waals surface area contributed by atoms with Crippen LogP contribution in [0.3, 0.4) is 0 Å². The van der Waals surface area contributed by atoms with Crippen LogP contribution in [0.15, 0.2) is 42.0 Å². The average molecular weight is 697 g/mol. The molecule has 51 heavy (non-hydrogen) atoms. The van der Waals surface area contributed by atoms with E-state index in [1.807, 2.05) is 12.1 Å². The van der Waals surface area contributed by atoms with E-state index in [1.165, 1.54) is 5.57 Å². The van der Waals surface area contributed by atoms with Crippen molar-refractivity contribution in [3.05, 3.63) is 47.7 Å². The quantitative estimate of drug-likeness (QED) is 0.269. The zero-order valence-corrected chi connectivity index (χ0v) is 32.1. The molecular weight excluding hydrogens is 636 g/mol. The number of carboxylic acids is 1. The fourth-order valence-corrected chi connectivity index (χ4v) is 12.8. The number of para-hydroxylation sites is 1. The first-order valence-corrected chi connectivity index (χ1v) is 19.8. The molecule has 0 aliphatic heterocycles. The molecule has 2 aromatic rings. The maximum Gasteiger partial charge on any atom is 0.303 e. The molecule has 276 valence electrons. The van der Waals surface area contributed by atoms with Crippen molar-refractivity contribution in [2.45, 2.75) is 132 Å². The van der Waals surface area contributed by atoms with Crippen molar-refractivity contribution in [1.29, 1.82) is 0 Å². The highest BCUT2D eigenvalue weighted by atomic mass is 16.4. The van der Waals surface area contributed by atoms with Crippen LogP contribution in [0, 0.1) is 50.2 Å². The van der Waals surface area contributed by atoms with Crippen LogP contribution in [0.1, 0.15) is 125 Å². The Morgan fingerprint density at radius 1 is 0.941 bits per heavy atom. The highest BCUT2D eigenvalue weighted by Gasteiger charge is 2.70. The number of allylic oxidation sites excluding steroid dienone is 2. The maximum atomic E-state index is 14.6. The second-order valence-corrected chi connectivity index (χ2v) is 19.2. The summed E-state index contributed by atoms with van der Waals surface area (Å²) < 4.78 is 2.21. The second-order valence-electron chi connectivity index (χ2n) is 19.2. The van der Waals surface area contributed by atoms with Crippen LogP contribution < -0.4 is 5.32 Å². The summed E-state index contributed by atoms with van der Waals surface area (Å²) in [5.74, 6) is 0.234. The molecule has 1 aromatic carbocycles. The van der Waals surface area contributed by atoms with Gasteiger partial charge in [0.05, 0.1) is 6.42 Å². The van der Waals surface area contributed by atoms with Crippen molar-refractivity contribution in [3.8, 4) is 0 Å². The minimum atomic E-state index is -0.802. The molecular formula is C44H60N2O5. The largest absolute Gasteiger partial charge is 0.481 e. The highest BCUT2D eigenvalue weighted by Crippen LogP contribution is 2.74. The Labute approximate surface area is 304 Å². The first-order chi connectivity index (χ1) is 23.9. The molecule has 2 N–H and O–H groups in total. The zero-order valence-electron chi connectivity index (χ0n) is 32.1. The van der Waals surface area contributed by atoms with E-state index in [-0.39, 0.29) is 57.5 Å². The Balaban J connectivity index is 1.09. The number of carbonyl (C=O) groups is 4. The molecule has 0 radical (unpaired) electrons. The van der Waals surface area contributed by atoms with Crippen LogP contribution in [0.25, 0.3) is 10.9 Å². The normalized spacial score (nSPS) is 38.6. The topological polar surface area (TPSA) is 105 Å². The summed E-state index contributed by atoms with van der Waals surface area (Å²) in [6, 6.07) is 10.2. The smallest absolute Gasteiger partial charge is 0.303 e. The van der Waals surface area contributed by atoms with Gasteiger partial charge in [-0.25, -0.2) is 0 Å². The molecule has 7 heteroatoms. The molecule has 0 spiro atoms. The van der Waals surface area contributed by atoms with Gasteiger partial charge in [-0.2, -0.15) is 0 Å². The molecule has 0 saturated heterocycles. The molecule has 5 aliphatic carbocycles. The Bertz CT molecular complexity index is 1820. The lowest BCUT2D eigenvalue weighted by molar-refractivity contribution is -0.187. The van der Waals surface area contributed by atoms with Crippen LogP contribution in [0.5, 0.6) is 0 Å². The molecule has 0 unspecified atom stereocenters. The van der Waals surface area contributed by atoms with Gasteiger partial charge in [-0.1, -0.05) is 72.2 Å². The van der Waals surface area contributed by atoms with Gasteiger partial charge in [-0.05, 0) is 121 Å².